The van der Waals surface area contributed by atoms with Gasteiger partial charge in [-0.3, -0.25) is 10.1 Å². The monoisotopic (exact) mass is 469 g/mol. The van der Waals surface area contributed by atoms with Crippen molar-refractivity contribution < 1.29 is 17.6 Å². The van der Waals surface area contributed by atoms with Crippen LogP contribution >= 0.6 is 12.2 Å². The average Bonchev–Trinajstić information content (AvgIpc) is 2.78. The lowest BCUT2D eigenvalue weighted by atomic mass is 10.2. The summed E-state index contributed by atoms with van der Waals surface area (Å²) in [4.78, 5) is 12.1. The Bertz CT molecular complexity index is 1210. The molecule has 0 saturated heterocycles. The van der Waals surface area contributed by atoms with E-state index in [0.29, 0.717) is 11.3 Å². The quantitative estimate of drug-likeness (QED) is 0.362. The molecule has 0 saturated carbocycles. The standard InChI is InChI=1S/C23H20FN3O3S2/c24-19-9-6-17(7-10-19)8-15-22(28)27-23(31)26-20-11-13-21(14-12-20)32(29,30)25-16-18-4-2-1-3-5-18/h1-15,25H,16H2,(H2,26,27,28,31)/b15-8+. The van der Waals surface area contributed by atoms with Gasteiger partial charge in [0.1, 0.15) is 5.82 Å². The van der Waals surface area contributed by atoms with E-state index in [4.69, 9.17) is 12.2 Å². The van der Waals surface area contributed by atoms with Gasteiger partial charge in [-0.2, -0.15) is 0 Å². The van der Waals surface area contributed by atoms with E-state index in [1.807, 2.05) is 30.3 Å². The van der Waals surface area contributed by atoms with Crippen molar-refractivity contribution in [3.63, 3.8) is 0 Å². The van der Waals surface area contributed by atoms with Gasteiger partial charge in [0.2, 0.25) is 15.9 Å². The van der Waals surface area contributed by atoms with E-state index in [9.17, 15) is 17.6 Å². The third-order valence-electron chi connectivity index (χ3n) is 4.27. The maximum atomic E-state index is 12.9. The number of sulfonamides is 1. The van der Waals surface area contributed by atoms with Crippen LogP contribution in [-0.2, 0) is 21.4 Å². The molecule has 0 atom stereocenters. The van der Waals surface area contributed by atoms with Crippen LogP contribution in [0, 0.1) is 5.82 Å². The number of anilines is 1. The number of nitrogens with one attached hydrogen (secondary N) is 3. The lowest BCUT2D eigenvalue weighted by molar-refractivity contribution is -0.115. The maximum Gasteiger partial charge on any atom is 0.250 e. The van der Waals surface area contributed by atoms with Gasteiger partial charge in [0.25, 0.3) is 0 Å². The molecule has 0 aromatic heterocycles. The molecule has 0 radical (unpaired) electrons. The summed E-state index contributed by atoms with van der Waals surface area (Å²) in [7, 11) is -3.67. The molecule has 6 nitrogen and oxygen atoms in total. The Morgan fingerprint density at radius 3 is 2.25 bits per heavy atom. The summed E-state index contributed by atoms with van der Waals surface area (Å²) in [6.07, 6.45) is 2.80. The van der Waals surface area contributed by atoms with Crippen LogP contribution in [0.25, 0.3) is 6.08 Å². The molecule has 0 spiro atoms. The lowest BCUT2D eigenvalue weighted by Gasteiger charge is -2.10. The molecule has 3 aromatic carbocycles. The van der Waals surface area contributed by atoms with Crippen molar-refractivity contribution in [3.8, 4) is 0 Å². The fourth-order valence-electron chi connectivity index (χ4n) is 2.64. The number of halogens is 1. The highest BCUT2D eigenvalue weighted by atomic mass is 32.2. The fraction of sp³-hybridized carbons (Fsp3) is 0.0435. The Balaban J connectivity index is 1.52. The van der Waals surface area contributed by atoms with E-state index in [0.717, 1.165) is 5.56 Å². The van der Waals surface area contributed by atoms with Crippen LogP contribution in [0.1, 0.15) is 11.1 Å². The Kier molecular flexibility index (Phi) is 7.82. The second-order valence-corrected chi connectivity index (χ2v) is 8.84. The molecule has 9 heteroatoms. The Labute approximate surface area is 191 Å². The van der Waals surface area contributed by atoms with Crippen molar-refractivity contribution in [1.29, 1.82) is 0 Å². The molecular formula is C23H20FN3O3S2. The second kappa shape index (κ2) is 10.8. The first-order valence-electron chi connectivity index (χ1n) is 9.51. The number of thiocarbonyl (C=S) groups is 1. The minimum atomic E-state index is -3.67. The third kappa shape index (κ3) is 7.09. The van der Waals surface area contributed by atoms with Crippen LogP contribution in [0.3, 0.4) is 0 Å². The lowest BCUT2D eigenvalue weighted by Crippen LogP contribution is -2.32. The molecule has 3 N–H and O–H groups in total. The van der Waals surface area contributed by atoms with Crippen molar-refractivity contribution in [1.82, 2.24) is 10.0 Å². The molecule has 0 aliphatic heterocycles. The summed E-state index contributed by atoms with van der Waals surface area (Å²) in [5.41, 5.74) is 2.03. The van der Waals surface area contributed by atoms with Crippen molar-refractivity contribution in [2.45, 2.75) is 11.4 Å². The van der Waals surface area contributed by atoms with Crippen LogP contribution in [0.2, 0.25) is 0 Å². The molecule has 0 heterocycles. The first kappa shape index (κ1) is 23.3. The third-order valence-corrected chi connectivity index (χ3v) is 5.89. The van der Waals surface area contributed by atoms with Crippen LogP contribution in [0.15, 0.2) is 89.8 Å². The molecule has 3 rings (SSSR count). The van der Waals surface area contributed by atoms with E-state index >= 15 is 0 Å². The molecule has 0 aliphatic carbocycles. The first-order chi connectivity index (χ1) is 15.3. The summed E-state index contributed by atoms with van der Waals surface area (Å²) in [5, 5.41) is 5.35. The highest BCUT2D eigenvalue weighted by Gasteiger charge is 2.13. The van der Waals surface area contributed by atoms with Gasteiger partial charge in [-0.25, -0.2) is 17.5 Å². The second-order valence-electron chi connectivity index (χ2n) is 6.66. The maximum absolute atomic E-state index is 12.9. The highest BCUT2D eigenvalue weighted by Crippen LogP contribution is 2.14. The average molecular weight is 470 g/mol. The predicted molar refractivity (Wildman–Crippen MR) is 127 cm³/mol. The van der Waals surface area contributed by atoms with E-state index in [2.05, 4.69) is 15.4 Å². The number of carbonyl (C=O) groups excluding carboxylic acids is 1. The Hall–Kier alpha value is -3.40. The molecule has 164 valence electrons. The Morgan fingerprint density at radius 1 is 0.938 bits per heavy atom. The van der Waals surface area contributed by atoms with Gasteiger partial charge in [0.05, 0.1) is 4.90 Å². The van der Waals surface area contributed by atoms with Gasteiger partial charge in [0, 0.05) is 18.3 Å². The summed E-state index contributed by atoms with van der Waals surface area (Å²) in [5.74, 6) is -0.820. The number of amides is 1. The number of benzene rings is 3. The molecule has 32 heavy (non-hydrogen) atoms. The van der Waals surface area contributed by atoms with Crippen LogP contribution in [0.4, 0.5) is 10.1 Å². The first-order valence-corrected chi connectivity index (χ1v) is 11.4. The number of hydrogen-bond acceptors (Lipinski definition) is 4. The summed E-state index contributed by atoms with van der Waals surface area (Å²) < 4.78 is 40.3. The van der Waals surface area contributed by atoms with Crippen molar-refractivity contribution in [2.24, 2.45) is 0 Å². The SMILES string of the molecule is O=C(/C=C/c1ccc(F)cc1)NC(=S)Nc1ccc(S(=O)(=O)NCc2ccccc2)cc1. The van der Waals surface area contributed by atoms with Crippen LogP contribution < -0.4 is 15.4 Å². The fourth-order valence-corrected chi connectivity index (χ4v) is 3.87. The molecule has 0 fully saturated rings. The zero-order chi connectivity index (χ0) is 23.0. The number of hydrogen-bond donors (Lipinski definition) is 3. The van der Waals surface area contributed by atoms with Gasteiger partial charge in [-0.1, -0.05) is 42.5 Å². The molecule has 1 amide bonds. The normalized spacial score (nSPS) is 11.3. The van der Waals surface area contributed by atoms with Crippen molar-refractivity contribution in [2.75, 3.05) is 5.32 Å². The van der Waals surface area contributed by atoms with E-state index in [-0.39, 0.29) is 22.4 Å². The van der Waals surface area contributed by atoms with Gasteiger partial charge < -0.3 is 5.32 Å². The smallest absolute Gasteiger partial charge is 0.250 e. The number of rotatable bonds is 7. The molecule has 0 bridgehead atoms. The summed E-state index contributed by atoms with van der Waals surface area (Å²) in [6, 6.07) is 20.8. The largest absolute Gasteiger partial charge is 0.332 e. The topological polar surface area (TPSA) is 87.3 Å². The minimum absolute atomic E-state index is 0.0524. The highest BCUT2D eigenvalue weighted by molar-refractivity contribution is 7.89. The summed E-state index contributed by atoms with van der Waals surface area (Å²) >= 11 is 5.11. The zero-order valence-electron chi connectivity index (χ0n) is 16.8. The van der Waals surface area contributed by atoms with Crippen molar-refractivity contribution >= 4 is 45.0 Å². The van der Waals surface area contributed by atoms with Crippen molar-refractivity contribution in [3.05, 3.63) is 102 Å². The van der Waals surface area contributed by atoms with E-state index in [1.54, 1.807) is 24.3 Å². The zero-order valence-corrected chi connectivity index (χ0v) is 18.4. The minimum Gasteiger partial charge on any atom is -0.332 e. The van der Waals surface area contributed by atoms with Gasteiger partial charge in [0.15, 0.2) is 5.11 Å². The predicted octanol–water partition coefficient (Wildman–Crippen LogP) is 3.83. The van der Waals surface area contributed by atoms with E-state index in [1.165, 1.54) is 36.4 Å². The molecule has 0 aliphatic rings. The Morgan fingerprint density at radius 2 is 1.59 bits per heavy atom. The van der Waals surface area contributed by atoms with Crippen LogP contribution in [-0.4, -0.2) is 19.4 Å². The molecule has 0 unspecified atom stereocenters. The van der Waals surface area contributed by atoms with E-state index < -0.39 is 15.9 Å². The summed E-state index contributed by atoms with van der Waals surface area (Å²) in [6.45, 7) is 0.185. The van der Waals surface area contributed by atoms with Gasteiger partial charge in [-0.05, 0) is 65.8 Å². The number of carbonyl (C=O) groups is 1. The van der Waals surface area contributed by atoms with Gasteiger partial charge >= 0.3 is 0 Å². The molecule has 3 aromatic rings. The molecular weight excluding hydrogens is 449 g/mol. The van der Waals surface area contributed by atoms with Crippen LogP contribution in [0.5, 0.6) is 0 Å². The van der Waals surface area contributed by atoms with Gasteiger partial charge in [-0.15, -0.1) is 0 Å².